The van der Waals surface area contributed by atoms with Crippen LogP contribution in [0.2, 0.25) is 0 Å². The standard InChI is InChI=1S/C26H53NO6P/c1-4-5-6-7-8-9-10-11-12-13-14-15-16-17-21-30-22-24(28)23-31-34(29)32-25-19-18-20-27(2,3)26(25)33-34/h24-26,28H,4-23H2,1-3H3/q+1. The van der Waals surface area contributed by atoms with Gasteiger partial charge < -0.3 is 14.3 Å². The Morgan fingerprint density at radius 3 is 2.00 bits per heavy atom. The van der Waals surface area contributed by atoms with Crippen molar-refractivity contribution in [2.24, 2.45) is 0 Å². The van der Waals surface area contributed by atoms with E-state index >= 15 is 0 Å². The van der Waals surface area contributed by atoms with Gasteiger partial charge in [0.1, 0.15) is 12.2 Å². The molecule has 2 saturated heterocycles. The molecule has 2 aliphatic rings. The van der Waals surface area contributed by atoms with Crippen LogP contribution in [0.15, 0.2) is 0 Å². The first-order valence-electron chi connectivity index (χ1n) is 14.1. The molecular formula is C26H53NO6P+. The fourth-order valence-corrected chi connectivity index (χ4v) is 6.67. The lowest BCUT2D eigenvalue weighted by molar-refractivity contribution is -0.939. The van der Waals surface area contributed by atoms with Crippen LogP contribution in [-0.2, 0) is 22.9 Å². The Bertz CT molecular complexity index is 575. The van der Waals surface area contributed by atoms with E-state index in [4.69, 9.17) is 18.3 Å². The van der Waals surface area contributed by atoms with Crippen LogP contribution in [0.3, 0.4) is 0 Å². The molecule has 0 radical (unpaired) electrons. The van der Waals surface area contributed by atoms with E-state index in [9.17, 15) is 9.67 Å². The van der Waals surface area contributed by atoms with Crippen molar-refractivity contribution < 1.29 is 32.5 Å². The number of nitrogens with zero attached hydrogens (tertiary/aromatic N) is 1. The van der Waals surface area contributed by atoms with Crippen LogP contribution in [0.25, 0.3) is 0 Å². The molecule has 0 aromatic carbocycles. The van der Waals surface area contributed by atoms with Gasteiger partial charge >= 0.3 is 7.82 Å². The highest BCUT2D eigenvalue weighted by Gasteiger charge is 2.55. The molecule has 202 valence electrons. The van der Waals surface area contributed by atoms with Gasteiger partial charge in [-0.15, -0.1) is 0 Å². The molecule has 0 aliphatic carbocycles. The molecule has 4 unspecified atom stereocenters. The SMILES string of the molecule is CCCCCCCCCCCCCCCCOCC(O)COP1(=O)OC2CCC[N+](C)(C)C2O1. The van der Waals surface area contributed by atoms with Crippen LogP contribution in [0.4, 0.5) is 0 Å². The smallest absolute Gasteiger partial charge is 0.388 e. The molecule has 34 heavy (non-hydrogen) atoms. The van der Waals surface area contributed by atoms with Gasteiger partial charge in [-0.1, -0.05) is 90.4 Å². The summed E-state index contributed by atoms with van der Waals surface area (Å²) in [5, 5.41) is 10.1. The molecule has 0 amide bonds. The monoisotopic (exact) mass is 506 g/mol. The number of aliphatic hydroxyl groups excluding tert-OH is 1. The lowest BCUT2D eigenvalue weighted by Crippen LogP contribution is -2.56. The van der Waals surface area contributed by atoms with Gasteiger partial charge in [0, 0.05) is 6.61 Å². The van der Waals surface area contributed by atoms with E-state index in [-0.39, 0.29) is 25.5 Å². The largest absolute Gasteiger partial charge is 0.480 e. The predicted molar refractivity (Wildman–Crippen MR) is 137 cm³/mol. The Balaban J connectivity index is 1.37. The average Bonchev–Trinajstić information content (AvgIpc) is 3.16. The van der Waals surface area contributed by atoms with Crippen molar-refractivity contribution in [3.05, 3.63) is 0 Å². The number of ether oxygens (including phenoxy) is 1. The number of hydrogen-bond acceptors (Lipinski definition) is 6. The van der Waals surface area contributed by atoms with Gasteiger partial charge in [0.25, 0.3) is 0 Å². The number of fused-ring (bicyclic) bond motifs is 1. The van der Waals surface area contributed by atoms with E-state index < -0.39 is 13.9 Å². The van der Waals surface area contributed by atoms with Gasteiger partial charge in [-0.2, -0.15) is 0 Å². The van der Waals surface area contributed by atoms with Gasteiger partial charge in [-0.3, -0.25) is 9.05 Å². The molecule has 7 nitrogen and oxygen atoms in total. The first-order valence-corrected chi connectivity index (χ1v) is 15.5. The summed E-state index contributed by atoms with van der Waals surface area (Å²) in [6.07, 6.45) is 19.1. The van der Waals surface area contributed by atoms with Crippen molar-refractivity contribution >= 4 is 7.82 Å². The van der Waals surface area contributed by atoms with Crippen LogP contribution in [0, 0.1) is 0 Å². The Kier molecular flexibility index (Phi) is 14.8. The van der Waals surface area contributed by atoms with E-state index in [1.165, 1.54) is 77.0 Å². The molecule has 2 fully saturated rings. The van der Waals surface area contributed by atoms with Gasteiger partial charge in [-0.25, -0.2) is 9.09 Å². The average molecular weight is 507 g/mol. The summed E-state index contributed by atoms with van der Waals surface area (Å²) in [6, 6.07) is 0. The number of piperidine rings is 1. The second kappa shape index (κ2) is 16.7. The van der Waals surface area contributed by atoms with E-state index in [2.05, 4.69) is 21.0 Å². The molecule has 0 bridgehead atoms. The van der Waals surface area contributed by atoms with Gasteiger partial charge in [0.05, 0.1) is 33.9 Å². The maximum absolute atomic E-state index is 12.8. The van der Waals surface area contributed by atoms with Crippen molar-refractivity contribution in [3.8, 4) is 0 Å². The van der Waals surface area contributed by atoms with Crippen LogP contribution in [-0.4, -0.2) is 68.5 Å². The van der Waals surface area contributed by atoms with Crippen molar-refractivity contribution in [2.45, 2.75) is 128 Å². The molecule has 4 atom stereocenters. The Morgan fingerprint density at radius 1 is 0.882 bits per heavy atom. The lowest BCUT2D eigenvalue weighted by atomic mass is 10.0. The summed E-state index contributed by atoms with van der Waals surface area (Å²) in [5.74, 6) is 0. The summed E-state index contributed by atoms with van der Waals surface area (Å²) in [6.45, 7) is 3.93. The number of phosphoric acid groups is 1. The summed E-state index contributed by atoms with van der Waals surface area (Å²) in [4.78, 5) is 0. The molecule has 2 rings (SSSR count). The van der Waals surface area contributed by atoms with Crippen molar-refractivity contribution in [1.82, 2.24) is 0 Å². The summed E-state index contributed by atoms with van der Waals surface area (Å²) < 4.78 is 35.6. The van der Waals surface area contributed by atoms with E-state index in [1.54, 1.807) is 0 Å². The molecule has 1 N–H and O–H groups in total. The topological polar surface area (TPSA) is 74.2 Å². The summed E-state index contributed by atoms with van der Waals surface area (Å²) >= 11 is 0. The second-order valence-corrected chi connectivity index (χ2v) is 12.4. The third kappa shape index (κ3) is 11.8. The van der Waals surface area contributed by atoms with Gasteiger partial charge in [0.15, 0.2) is 0 Å². The molecule has 8 heteroatoms. The maximum atomic E-state index is 12.8. The first-order chi connectivity index (χ1) is 16.4. The number of hydrogen-bond donors (Lipinski definition) is 1. The predicted octanol–water partition coefficient (Wildman–Crippen LogP) is 6.58. The third-order valence-corrected chi connectivity index (χ3v) is 8.58. The molecular weight excluding hydrogens is 453 g/mol. The van der Waals surface area contributed by atoms with Gasteiger partial charge in [-0.05, 0) is 19.3 Å². The van der Waals surface area contributed by atoms with E-state index in [0.29, 0.717) is 11.1 Å². The minimum atomic E-state index is -3.62. The molecule has 0 aromatic rings. The molecule has 0 saturated carbocycles. The number of rotatable bonds is 20. The highest BCUT2D eigenvalue weighted by Crippen LogP contribution is 2.60. The fourth-order valence-electron chi connectivity index (χ4n) is 4.95. The van der Waals surface area contributed by atoms with Crippen LogP contribution in [0.5, 0.6) is 0 Å². The zero-order valence-electron chi connectivity index (χ0n) is 22.3. The fraction of sp³-hybridized carbons (Fsp3) is 1.00. The number of likely N-dealkylation sites (N-methyl/N-ethyl adjacent to an activating group) is 1. The van der Waals surface area contributed by atoms with E-state index in [1.807, 2.05) is 0 Å². The normalized spacial score (nSPS) is 27.1. The summed E-state index contributed by atoms with van der Waals surface area (Å²) in [7, 11) is 0.486. The highest BCUT2D eigenvalue weighted by molar-refractivity contribution is 7.48. The first kappa shape index (κ1) is 30.2. The number of quaternary nitrogens is 1. The maximum Gasteiger partial charge on any atom is 0.480 e. The minimum Gasteiger partial charge on any atom is -0.388 e. The highest BCUT2D eigenvalue weighted by atomic mass is 31.2. The third-order valence-electron chi connectivity index (χ3n) is 7.11. The van der Waals surface area contributed by atoms with Crippen molar-refractivity contribution in [1.29, 1.82) is 0 Å². The zero-order chi connectivity index (χ0) is 24.7. The van der Waals surface area contributed by atoms with Crippen LogP contribution < -0.4 is 0 Å². The quantitative estimate of drug-likeness (QED) is 0.114. The van der Waals surface area contributed by atoms with Crippen molar-refractivity contribution in [2.75, 3.05) is 40.5 Å². The zero-order valence-corrected chi connectivity index (χ0v) is 23.2. The Hall–Kier alpha value is -0.0100. The van der Waals surface area contributed by atoms with Crippen LogP contribution in [0.1, 0.15) is 110 Å². The number of aliphatic hydroxyl groups is 1. The molecule has 0 aromatic heterocycles. The number of likely N-dealkylation sites (tertiary alicyclic amines) is 1. The number of phosphoric ester groups is 1. The van der Waals surface area contributed by atoms with Crippen LogP contribution >= 0.6 is 7.82 Å². The van der Waals surface area contributed by atoms with Gasteiger partial charge in [0.2, 0.25) is 6.23 Å². The van der Waals surface area contributed by atoms with Crippen molar-refractivity contribution in [3.63, 3.8) is 0 Å². The minimum absolute atomic E-state index is 0.108. The van der Waals surface area contributed by atoms with E-state index in [0.717, 1.165) is 32.2 Å². The Labute approximate surface area is 209 Å². The number of unbranched alkanes of at least 4 members (excludes halogenated alkanes) is 13. The molecule has 0 spiro atoms. The second-order valence-electron chi connectivity index (χ2n) is 10.9. The molecule has 2 aliphatic heterocycles. The summed E-state index contributed by atoms with van der Waals surface area (Å²) in [5.41, 5.74) is 0. The lowest BCUT2D eigenvalue weighted by Gasteiger charge is -2.39. The Morgan fingerprint density at radius 2 is 1.44 bits per heavy atom. The molecule has 2 heterocycles.